The maximum atomic E-state index is 6.46. The van der Waals surface area contributed by atoms with Gasteiger partial charge in [-0.1, -0.05) is 30.3 Å². The minimum absolute atomic E-state index is 0.734. The molecule has 7 aromatic rings. The lowest BCUT2D eigenvalue weighted by Crippen LogP contribution is -2.14. The summed E-state index contributed by atoms with van der Waals surface area (Å²) < 4.78 is 10.6. The van der Waals surface area contributed by atoms with Gasteiger partial charge < -0.3 is 14.5 Å². The fraction of sp³-hybridized carbons (Fsp3) is 0.135. The Hall–Kier alpha value is -5.56. The molecule has 44 heavy (non-hydrogen) atoms. The summed E-state index contributed by atoms with van der Waals surface area (Å²) in [6.07, 6.45) is 5.86. The van der Waals surface area contributed by atoms with E-state index in [2.05, 4.69) is 116 Å². The number of para-hydroxylation sites is 1. The first-order valence-electron chi connectivity index (χ1n) is 14.6. The van der Waals surface area contributed by atoms with E-state index >= 15 is 0 Å². The summed E-state index contributed by atoms with van der Waals surface area (Å²) >= 11 is 0. The fourth-order valence-electron chi connectivity index (χ4n) is 5.89. The molecule has 3 aromatic heterocycles. The number of anilines is 2. The fourth-order valence-corrected chi connectivity index (χ4v) is 5.89. The van der Waals surface area contributed by atoms with Crippen molar-refractivity contribution in [3.05, 3.63) is 121 Å². The predicted octanol–water partition coefficient (Wildman–Crippen LogP) is 8.26. The largest absolute Gasteiger partial charge is 0.457 e. The van der Waals surface area contributed by atoms with Crippen LogP contribution in [0.2, 0.25) is 0 Å². The van der Waals surface area contributed by atoms with Gasteiger partial charge in [-0.2, -0.15) is 5.10 Å². The Kier molecular flexibility index (Phi) is 6.78. The van der Waals surface area contributed by atoms with E-state index in [1.54, 1.807) is 0 Å². The number of rotatable bonds is 7. The van der Waals surface area contributed by atoms with Crippen molar-refractivity contribution in [1.82, 2.24) is 19.3 Å². The summed E-state index contributed by atoms with van der Waals surface area (Å²) in [6, 6.07) is 33.2. The van der Waals surface area contributed by atoms with E-state index in [0.717, 1.165) is 67.5 Å². The van der Waals surface area contributed by atoms with Crippen LogP contribution in [0, 0.1) is 6.92 Å². The van der Waals surface area contributed by atoms with E-state index in [1.807, 2.05) is 53.5 Å². The summed E-state index contributed by atoms with van der Waals surface area (Å²) in [5.41, 5.74) is 8.72. The van der Waals surface area contributed by atoms with Crippen LogP contribution in [0.5, 0.6) is 11.5 Å². The molecule has 0 aliphatic heterocycles. The van der Waals surface area contributed by atoms with Gasteiger partial charge in [-0.25, -0.2) is 9.67 Å². The zero-order valence-corrected chi connectivity index (χ0v) is 25.6. The molecule has 0 radical (unpaired) electrons. The molecule has 4 aromatic carbocycles. The van der Waals surface area contributed by atoms with Gasteiger partial charge in [0.15, 0.2) is 0 Å². The van der Waals surface area contributed by atoms with E-state index in [4.69, 9.17) is 14.8 Å². The van der Waals surface area contributed by atoms with Gasteiger partial charge in [-0.05, 0) is 67.1 Å². The highest BCUT2D eigenvalue weighted by Crippen LogP contribution is 2.39. The van der Waals surface area contributed by atoms with Crippen LogP contribution in [0.25, 0.3) is 44.4 Å². The molecular weight excluding hydrogens is 544 g/mol. The van der Waals surface area contributed by atoms with Gasteiger partial charge in [0.25, 0.3) is 0 Å². The van der Waals surface area contributed by atoms with Gasteiger partial charge in [0.2, 0.25) is 0 Å². The highest BCUT2D eigenvalue weighted by atomic mass is 16.5. The molecule has 0 fully saturated rings. The maximum absolute atomic E-state index is 6.46. The smallest absolute Gasteiger partial charge is 0.137 e. The van der Waals surface area contributed by atoms with Gasteiger partial charge >= 0.3 is 0 Å². The Morgan fingerprint density at radius 3 is 2.18 bits per heavy atom. The zero-order valence-electron chi connectivity index (χ0n) is 25.6. The van der Waals surface area contributed by atoms with E-state index in [9.17, 15) is 0 Å². The highest BCUT2D eigenvalue weighted by molar-refractivity contribution is 6.09. The minimum Gasteiger partial charge on any atom is -0.457 e. The highest BCUT2D eigenvalue weighted by Gasteiger charge is 2.17. The Morgan fingerprint density at radius 1 is 0.682 bits per heavy atom. The molecule has 0 aliphatic carbocycles. The van der Waals surface area contributed by atoms with Crippen LogP contribution in [-0.4, -0.2) is 47.5 Å². The van der Waals surface area contributed by atoms with Gasteiger partial charge in [-0.3, -0.25) is 4.57 Å². The van der Waals surface area contributed by atoms with Crippen LogP contribution in [0.15, 0.2) is 116 Å². The quantitative estimate of drug-likeness (QED) is 0.191. The molecule has 0 bridgehead atoms. The average Bonchev–Trinajstić information content (AvgIpc) is 3.64. The first-order valence-corrected chi connectivity index (χ1v) is 14.6. The third-order valence-electron chi connectivity index (χ3n) is 7.95. The molecule has 0 amide bonds. The monoisotopic (exact) mass is 578 g/mol. The van der Waals surface area contributed by atoms with Gasteiger partial charge in [0.05, 0.1) is 22.9 Å². The van der Waals surface area contributed by atoms with Crippen molar-refractivity contribution in [2.24, 2.45) is 0 Å². The molecule has 0 atom stereocenters. The third-order valence-corrected chi connectivity index (χ3v) is 7.95. The number of nitrogens with zero attached hydrogens (tertiary/aromatic N) is 6. The van der Waals surface area contributed by atoms with Crippen LogP contribution >= 0.6 is 0 Å². The summed E-state index contributed by atoms with van der Waals surface area (Å²) in [5.74, 6) is 2.37. The van der Waals surface area contributed by atoms with Crippen LogP contribution in [0.4, 0.5) is 11.4 Å². The second-order valence-corrected chi connectivity index (χ2v) is 11.5. The SMILES string of the molecule is Cc1ccnc(-n2c3ccccc3c3ccc(Oc4cccc(-n5cc(-c6c(N(C)C)cccc6N(C)C)cn5)c4)cc32)c1. The summed E-state index contributed by atoms with van der Waals surface area (Å²) in [5, 5.41) is 7.08. The molecule has 0 saturated carbocycles. The Morgan fingerprint density at radius 2 is 1.41 bits per heavy atom. The van der Waals surface area contributed by atoms with Crippen LogP contribution in [0.3, 0.4) is 0 Å². The molecule has 3 heterocycles. The second kappa shape index (κ2) is 10.9. The Bertz CT molecular complexity index is 2110. The number of pyridine rings is 1. The van der Waals surface area contributed by atoms with Crippen molar-refractivity contribution in [1.29, 1.82) is 0 Å². The molecule has 7 rings (SSSR count). The first kappa shape index (κ1) is 27.3. The van der Waals surface area contributed by atoms with Crippen molar-refractivity contribution >= 4 is 33.2 Å². The summed E-state index contributed by atoms with van der Waals surface area (Å²) in [4.78, 5) is 8.98. The first-order chi connectivity index (χ1) is 21.4. The summed E-state index contributed by atoms with van der Waals surface area (Å²) in [7, 11) is 8.27. The average molecular weight is 579 g/mol. The zero-order chi connectivity index (χ0) is 30.4. The number of benzene rings is 4. The van der Waals surface area contributed by atoms with E-state index in [0.29, 0.717) is 0 Å². The van der Waals surface area contributed by atoms with E-state index in [-0.39, 0.29) is 0 Å². The molecule has 7 heteroatoms. The Labute approximate surface area is 257 Å². The topological polar surface area (TPSA) is 51.4 Å². The van der Waals surface area contributed by atoms with E-state index < -0.39 is 0 Å². The number of fused-ring (bicyclic) bond motifs is 3. The van der Waals surface area contributed by atoms with Crippen molar-refractivity contribution < 1.29 is 4.74 Å². The van der Waals surface area contributed by atoms with Crippen LogP contribution in [0.1, 0.15) is 5.56 Å². The normalized spacial score (nSPS) is 11.3. The Balaban J connectivity index is 1.25. The van der Waals surface area contributed by atoms with Gasteiger partial charge in [0.1, 0.15) is 17.3 Å². The molecule has 0 spiro atoms. The molecule has 0 unspecified atom stereocenters. The lowest BCUT2D eigenvalue weighted by Gasteiger charge is -2.23. The summed E-state index contributed by atoms with van der Waals surface area (Å²) in [6.45, 7) is 2.09. The number of hydrogen-bond acceptors (Lipinski definition) is 5. The molecule has 7 nitrogen and oxygen atoms in total. The lowest BCUT2D eigenvalue weighted by atomic mass is 10.0. The number of hydrogen-bond donors (Lipinski definition) is 0. The van der Waals surface area contributed by atoms with Crippen molar-refractivity contribution in [2.45, 2.75) is 6.92 Å². The minimum atomic E-state index is 0.734. The van der Waals surface area contributed by atoms with Crippen LogP contribution < -0.4 is 14.5 Å². The molecule has 0 saturated heterocycles. The van der Waals surface area contributed by atoms with Gasteiger partial charge in [-0.15, -0.1) is 0 Å². The van der Waals surface area contributed by atoms with E-state index in [1.165, 1.54) is 5.39 Å². The lowest BCUT2D eigenvalue weighted by molar-refractivity contribution is 0.483. The number of ether oxygens (including phenoxy) is 1. The molecular formula is C37H34N6O. The molecule has 218 valence electrons. The molecule has 0 N–H and O–H groups in total. The maximum Gasteiger partial charge on any atom is 0.137 e. The van der Waals surface area contributed by atoms with Crippen molar-refractivity contribution in [3.63, 3.8) is 0 Å². The number of aryl methyl sites for hydroxylation is 1. The predicted molar refractivity (Wildman–Crippen MR) is 181 cm³/mol. The van der Waals surface area contributed by atoms with Crippen LogP contribution in [-0.2, 0) is 0 Å². The standard InChI is InChI=1S/C37H34N6O/c1-25-18-19-38-36(20-25)43-32-13-7-6-12-30(32)31-17-16-29(22-35(31)43)44-28-11-8-10-27(21-28)42-24-26(23-39-42)37-33(40(2)3)14-9-15-34(37)41(4)5/h6-24H,1-5H3. The van der Waals surface area contributed by atoms with Crippen molar-refractivity contribution in [3.8, 4) is 34.1 Å². The molecule has 0 aliphatic rings. The van der Waals surface area contributed by atoms with Gasteiger partial charge in [0, 0.05) is 86.0 Å². The third kappa shape index (κ3) is 4.82. The number of aromatic nitrogens is 4. The van der Waals surface area contributed by atoms with Crippen molar-refractivity contribution in [2.75, 3.05) is 38.0 Å². The second-order valence-electron chi connectivity index (χ2n) is 11.5.